The average Bonchev–Trinajstić information content (AvgIpc) is 3.09. The number of nitrogens with two attached hydrogens (primary N) is 1. The fourth-order valence-electron chi connectivity index (χ4n) is 4.15. The van der Waals surface area contributed by atoms with Gasteiger partial charge in [0, 0.05) is 62.9 Å². The van der Waals surface area contributed by atoms with Gasteiger partial charge in [-0.05, 0) is 31.4 Å². The summed E-state index contributed by atoms with van der Waals surface area (Å²) in [5.74, 6) is -2.54. The fourth-order valence-corrected chi connectivity index (χ4v) is 4.15. The fraction of sp³-hybridized carbons (Fsp3) is 0.500. The van der Waals surface area contributed by atoms with Crippen molar-refractivity contribution in [1.29, 1.82) is 0 Å². The number of methoxy groups -OCH3 is 1. The molecule has 3 rings (SSSR count). The Morgan fingerprint density at radius 2 is 2.03 bits per heavy atom. The number of primary amides is 1. The molecule has 10 heteroatoms. The summed E-state index contributed by atoms with van der Waals surface area (Å²) < 4.78 is 4.98. The lowest BCUT2D eigenvalue weighted by Gasteiger charge is -2.33. The second-order valence-corrected chi connectivity index (χ2v) is 8.10. The number of nitrogens with one attached hydrogen (secondary N) is 1. The van der Waals surface area contributed by atoms with Gasteiger partial charge in [-0.25, -0.2) is 0 Å². The van der Waals surface area contributed by atoms with Crippen molar-refractivity contribution >= 4 is 35.2 Å². The Bertz CT molecular complexity index is 946. The van der Waals surface area contributed by atoms with Crippen molar-refractivity contribution in [3.05, 3.63) is 29.3 Å². The van der Waals surface area contributed by atoms with E-state index in [9.17, 15) is 24.0 Å². The highest BCUT2D eigenvalue weighted by atomic mass is 16.5. The van der Waals surface area contributed by atoms with Crippen LogP contribution in [0, 0.1) is 5.92 Å². The Morgan fingerprint density at radius 3 is 2.72 bits per heavy atom. The molecule has 0 aromatic heterocycles. The van der Waals surface area contributed by atoms with Gasteiger partial charge in [0.2, 0.25) is 17.7 Å². The van der Waals surface area contributed by atoms with Gasteiger partial charge in [0.15, 0.2) is 0 Å². The number of fused-ring (bicyclic) bond motifs is 1. The van der Waals surface area contributed by atoms with E-state index in [1.807, 2.05) is 0 Å². The molecular weight excluding hydrogens is 416 g/mol. The molecule has 2 aliphatic heterocycles. The third-order valence-electron chi connectivity index (χ3n) is 6.00. The molecule has 2 unspecified atom stereocenters. The number of benzene rings is 1. The Morgan fingerprint density at radius 1 is 1.28 bits per heavy atom. The molecule has 1 saturated heterocycles. The molecule has 3 N–H and O–H groups in total. The Labute approximate surface area is 186 Å². The van der Waals surface area contributed by atoms with Gasteiger partial charge in [-0.1, -0.05) is 6.07 Å². The van der Waals surface area contributed by atoms with Crippen molar-refractivity contribution in [3.63, 3.8) is 0 Å². The summed E-state index contributed by atoms with van der Waals surface area (Å²) >= 11 is 0. The maximum Gasteiger partial charge on any atom is 0.255 e. The van der Waals surface area contributed by atoms with E-state index in [0.29, 0.717) is 36.3 Å². The lowest BCUT2D eigenvalue weighted by atomic mass is 9.98. The number of nitrogens with zero attached hydrogens (tertiary/aromatic N) is 2. The van der Waals surface area contributed by atoms with Crippen LogP contribution in [0.25, 0.3) is 0 Å². The van der Waals surface area contributed by atoms with Crippen molar-refractivity contribution in [2.45, 2.75) is 44.7 Å². The minimum absolute atomic E-state index is 0.0750. The molecule has 32 heavy (non-hydrogen) atoms. The number of carbonyl (C=O) groups is 5. The Balaban J connectivity index is 1.72. The summed E-state index contributed by atoms with van der Waals surface area (Å²) in [5, 5.41) is 2.78. The van der Waals surface area contributed by atoms with Gasteiger partial charge in [0.05, 0.1) is 0 Å². The summed E-state index contributed by atoms with van der Waals surface area (Å²) in [5.41, 5.74) is 6.90. The summed E-state index contributed by atoms with van der Waals surface area (Å²) in [4.78, 5) is 64.1. The zero-order valence-electron chi connectivity index (χ0n) is 18.3. The smallest absolute Gasteiger partial charge is 0.255 e. The molecule has 0 bridgehead atoms. The average molecular weight is 444 g/mol. The minimum Gasteiger partial charge on any atom is -0.385 e. The van der Waals surface area contributed by atoms with Crippen LogP contribution < -0.4 is 11.1 Å². The first-order valence-corrected chi connectivity index (χ1v) is 10.6. The lowest BCUT2D eigenvalue weighted by molar-refractivity contribution is -0.150. The van der Waals surface area contributed by atoms with E-state index < -0.39 is 23.8 Å². The predicted octanol–water partition coefficient (Wildman–Crippen LogP) is 0.647. The van der Waals surface area contributed by atoms with Gasteiger partial charge >= 0.3 is 0 Å². The van der Waals surface area contributed by atoms with E-state index in [1.165, 1.54) is 11.9 Å². The van der Waals surface area contributed by atoms with Crippen LogP contribution in [0.2, 0.25) is 0 Å². The maximum atomic E-state index is 13.0. The number of piperidine rings is 1. The molecule has 1 aromatic carbocycles. The van der Waals surface area contributed by atoms with E-state index in [2.05, 4.69) is 5.32 Å². The van der Waals surface area contributed by atoms with E-state index >= 15 is 0 Å². The zero-order chi connectivity index (χ0) is 23.4. The van der Waals surface area contributed by atoms with Crippen LogP contribution in [-0.2, 0) is 30.5 Å². The topological polar surface area (TPSA) is 139 Å². The molecule has 172 valence electrons. The van der Waals surface area contributed by atoms with Gasteiger partial charge in [-0.15, -0.1) is 0 Å². The van der Waals surface area contributed by atoms with Gasteiger partial charge in [0.25, 0.3) is 11.8 Å². The number of hydrogen-bond donors (Lipinski definition) is 2. The van der Waals surface area contributed by atoms with Crippen molar-refractivity contribution in [1.82, 2.24) is 9.80 Å². The molecule has 2 heterocycles. The van der Waals surface area contributed by atoms with Gasteiger partial charge in [-0.2, -0.15) is 0 Å². The normalized spacial score (nSPS) is 19.2. The van der Waals surface area contributed by atoms with Gasteiger partial charge < -0.3 is 20.7 Å². The second kappa shape index (κ2) is 9.90. The molecular formula is C22H28N4O6. The van der Waals surface area contributed by atoms with Crippen molar-refractivity contribution in [3.8, 4) is 0 Å². The van der Waals surface area contributed by atoms with Gasteiger partial charge in [0.1, 0.15) is 6.04 Å². The number of ether oxygens (including phenoxy) is 1. The Hall–Kier alpha value is -3.27. The quantitative estimate of drug-likeness (QED) is 0.423. The number of amides is 5. The summed E-state index contributed by atoms with van der Waals surface area (Å²) in [6, 6.07) is 4.25. The summed E-state index contributed by atoms with van der Waals surface area (Å²) in [6.45, 7) is 0.617. The highest BCUT2D eigenvalue weighted by Gasteiger charge is 2.42. The van der Waals surface area contributed by atoms with E-state index in [0.717, 1.165) is 4.90 Å². The molecule has 1 aromatic rings. The van der Waals surface area contributed by atoms with Crippen molar-refractivity contribution in [2.24, 2.45) is 11.7 Å². The van der Waals surface area contributed by atoms with Crippen LogP contribution in [-0.4, -0.2) is 66.1 Å². The number of carbonyl (C=O) groups excluding carboxylic acids is 5. The molecule has 1 fully saturated rings. The first-order chi connectivity index (χ1) is 15.2. The number of likely N-dealkylation sites (tertiary alicyclic amines) is 1. The molecule has 0 radical (unpaired) electrons. The number of likely N-dealkylation sites (N-methyl/N-ethyl adjacent to an activating group) is 1. The maximum absolute atomic E-state index is 13.0. The molecule has 10 nitrogen and oxygen atoms in total. The molecule has 0 spiro atoms. The number of hydrogen-bond acceptors (Lipinski definition) is 6. The number of imide groups is 1. The summed E-state index contributed by atoms with van der Waals surface area (Å²) in [7, 11) is 2.97. The van der Waals surface area contributed by atoms with Gasteiger partial charge in [-0.3, -0.25) is 28.9 Å². The first kappa shape index (κ1) is 23.4. The van der Waals surface area contributed by atoms with Crippen LogP contribution in [0.1, 0.15) is 48.0 Å². The lowest BCUT2D eigenvalue weighted by Crippen LogP contribution is -2.53. The highest BCUT2D eigenvalue weighted by molar-refractivity contribution is 6.06. The van der Waals surface area contributed by atoms with E-state index in [4.69, 9.17) is 10.5 Å². The van der Waals surface area contributed by atoms with Crippen LogP contribution in [0.5, 0.6) is 0 Å². The Kier molecular flexibility index (Phi) is 7.24. The monoisotopic (exact) mass is 444 g/mol. The third-order valence-corrected chi connectivity index (χ3v) is 6.00. The zero-order valence-corrected chi connectivity index (χ0v) is 18.3. The van der Waals surface area contributed by atoms with E-state index in [1.54, 1.807) is 25.3 Å². The molecule has 5 amide bonds. The number of rotatable bonds is 9. The third kappa shape index (κ3) is 4.80. The molecule has 0 saturated carbocycles. The van der Waals surface area contributed by atoms with E-state index in [-0.39, 0.29) is 43.5 Å². The van der Waals surface area contributed by atoms with Crippen molar-refractivity contribution < 1.29 is 28.7 Å². The largest absolute Gasteiger partial charge is 0.385 e. The summed E-state index contributed by atoms with van der Waals surface area (Å²) in [6.07, 6.45) is 1.42. The molecule has 2 atom stereocenters. The highest BCUT2D eigenvalue weighted by Crippen LogP contribution is 2.33. The predicted molar refractivity (Wildman–Crippen MR) is 114 cm³/mol. The molecule has 2 aliphatic rings. The second-order valence-electron chi connectivity index (χ2n) is 8.10. The van der Waals surface area contributed by atoms with Crippen molar-refractivity contribution in [2.75, 3.05) is 26.1 Å². The standard InChI is InChI=1S/C22H28N4O6/c1-25-19(28)9-8-17(22(25)31)26-12-15-14(21(26)30)6-3-7-16(15)24-18(27)11-13(20(23)29)5-4-10-32-2/h3,6-7,13,17H,4-5,8-12H2,1-2H3,(H2,23,29)(H,24,27). The number of anilines is 1. The first-order valence-electron chi connectivity index (χ1n) is 10.6. The van der Waals surface area contributed by atoms with Crippen LogP contribution in [0.15, 0.2) is 18.2 Å². The van der Waals surface area contributed by atoms with Crippen LogP contribution >= 0.6 is 0 Å². The van der Waals surface area contributed by atoms with Crippen LogP contribution in [0.4, 0.5) is 5.69 Å². The molecule has 0 aliphatic carbocycles. The van der Waals surface area contributed by atoms with Crippen LogP contribution in [0.3, 0.4) is 0 Å². The SMILES string of the molecule is COCCCC(CC(=O)Nc1cccc2c1CN(C1CCC(=O)N(C)C1=O)C2=O)C(N)=O. The minimum atomic E-state index is -0.721.